The summed E-state index contributed by atoms with van der Waals surface area (Å²) < 4.78 is 27.1. The van der Waals surface area contributed by atoms with Crippen LogP contribution in [0.5, 0.6) is 0 Å². The van der Waals surface area contributed by atoms with Crippen molar-refractivity contribution in [2.45, 2.75) is 28.9 Å². The van der Waals surface area contributed by atoms with Crippen LogP contribution in [0, 0.1) is 6.92 Å². The van der Waals surface area contributed by atoms with Gasteiger partial charge in [-0.2, -0.15) is 0 Å². The Morgan fingerprint density at radius 3 is 2.39 bits per heavy atom. The number of anilines is 2. The number of hydrogen-bond acceptors (Lipinski definition) is 6. The van der Waals surface area contributed by atoms with Crippen molar-refractivity contribution in [2.24, 2.45) is 0 Å². The van der Waals surface area contributed by atoms with Gasteiger partial charge >= 0.3 is 0 Å². The molecule has 9 heteroatoms. The molecular formula is C19H19N3O3S3. The van der Waals surface area contributed by atoms with E-state index < -0.39 is 10.0 Å². The van der Waals surface area contributed by atoms with Gasteiger partial charge in [-0.3, -0.25) is 9.52 Å². The second kappa shape index (κ2) is 8.76. The zero-order valence-electron chi connectivity index (χ0n) is 15.2. The fraction of sp³-hybridized carbons (Fsp3) is 0.158. The Kier molecular flexibility index (Phi) is 6.38. The third kappa shape index (κ3) is 5.34. The Balaban J connectivity index is 1.61. The highest BCUT2D eigenvalue weighted by Gasteiger charge is 2.17. The molecule has 0 saturated carbocycles. The first-order valence-electron chi connectivity index (χ1n) is 8.40. The smallest absolute Gasteiger partial charge is 0.263 e. The summed E-state index contributed by atoms with van der Waals surface area (Å²) in [6.45, 7) is 3.84. The van der Waals surface area contributed by atoms with Crippen LogP contribution in [0.2, 0.25) is 0 Å². The minimum atomic E-state index is -3.71. The summed E-state index contributed by atoms with van der Waals surface area (Å²) in [5, 5.41) is 4.51. The lowest BCUT2D eigenvalue weighted by molar-refractivity contribution is -0.115. The molecule has 146 valence electrons. The molecule has 1 heterocycles. The van der Waals surface area contributed by atoms with Gasteiger partial charge in [-0.25, -0.2) is 13.4 Å². The van der Waals surface area contributed by atoms with Crippen LogP contribution >= 0.6 is 23.1 Å². The summed E-state index contributed by atoms with van der Waals surface area (Å²) in [6.07, 6.45) is 1.52. The molecule has 0 bridgehead atoms. The highest BCUT2D eigenvalue weighted by Crippen LogP contribution is 2.25. The maximum atomic E-state index is 12.4. The van der Waals surface area contributed by atoms with Crippen LogP contribution in [0.1, 0.15) is 12.5 Å². The van der Waals surface area contributed by atoms with Crippen LogP contribution in [0.15, 0.2) is 69.9 Å². The van der Waals surface area contributed by atoms with Crippen molar-refractivity contribution < 1.29 is 13.2 Å². The van der Waals surface area contributed by atoms with Gasteiger partial charge < -0.3 is 5.32 Å². The predicted octanol–water partition coefficient (Wildman–Crippen LogP) is 4.37. The molecule has 3 rings (SSSR count). The maximum absolute atomic E-state index is 12.4. The predicted molar refractivity (Wildman–Crippen MR) is 114 cm³/mol. The number of hydrogen-bond donors (Lipinski definition) is 2. The van der Waals surface area contributed by atoms with Crippen LogP contribution in [-0.2, 0) is 14.8 Å². The number of rotatable bonds is 7. The minimum Gasteiger partial charge on any atom is -0.325 e. The topological polar surface area (TPSA) is 88.2 Å². The summed E-state index contributed by atoms with van der Waals surface area (Å²) >= 11 is 2.67. The van der Waals surface area contributed by atoms with E-state index in [0.717, 1.165) is 4.90 Å². The molecule has 0 aliphatic carbocycles. The van der Waals surface area contributed by atoms with Gasteiger partial charge in [-0.1, -0.05) is 17.7 Å². The fourth-order valence-corrected chi connectivity index (χ4v) is 4.94. The second-order valence-corrected chi connectivity index (χ2v) is 10.0. The fourth-order valence-electron chi connectivity index (χ4n) is 2.28. The average molecular weight is 434 g/mol. The average Bonchev–Trinajstić information content (AvgIpc) is 3.16. The number of aromatic nitrogens is 1. The van der Waals surface area contributed by atoms with Gasteiger partial charge in [0.25, 0.3) is 10.0 Å². The summed E-state index contributed by atoms with van der Waals surface area (Å²) in [6, 6.07) is 14.0. The lowest BCUT2D eigenvalue weighted by Crippen LogP contribution is -2.22. The van der Waals surface area contributed by atoms with E-state index in [1.54, 1.807) is 17.5 Å². The van der Waals surface area contributed by atoms with Gasteiger partial charge in [0.1, 0.15) is 0 Å². The lowest BCUT2D eigenvalue weighted by atomic mass is 10.2. The molecule has 3 aromatic rings. The van der Waals surface area contributed by atoms with E-state index in [1.807, 2.05) is 38.1 Å². The van der Waals surface area contributed by atoms with Crippen molar-refractivity contribution in [3.8, 4) is 0 Å². The summed E-state index contributed by atoms with van der Waals surface area (Å²) in [7, 11) is -3.71. The Hall–Kier alpha value is -2.36. The molecule has 1 atom stereocenters. The molecule has 0 spiro atoms. The Morgan fingerprint density at radius 2 is 1.79 bits per heavy atom. The molecule has 0 unspecified atom stereocenters. The lowest BCUT2D eigenvalue weighted by Gasteiger charge is -2.13. The molecule has 28 heavy (non-hydrogen) atoms. The minimum absolute atomic E-state index is 0.0998. The van der Waals surface area contributed by atoms with Crippen LogP contribution in [-0.4, -0.2) is 24.6 Å². The van der Waals surface area contributed by atoms with Gasteiger partial charge in [0.2, 0.25) is 5.91 Å². The van der Waals surface area contributed by atoms with Crippen molar-refractivity contribution in [3.63, 3.8) is 0 Å². The normalized spacial score (nSPS) is 12.4. The van der Waals surface area contributed by atoms with Crippen molar-refractivity contribution >= 4 is 49.8 Å². The number of carbonyl (C=O) groups is 1. The number of sulfonamides is 1. The number of thiazole rings is 1. The number of nitrogens with zero attached hydrogens (tertiary/aromatic N) is 1. The molecule has 2 aromatic carbocycles. The summed E-state index contributed by atoms with van der Waals surface area (Å²) in [5.74, 6) is -0.151. The van der Waals surface area contributed by atoms with Gasteiger partial charge in [0.05, 0.1) is 10.1 Å². The van der Waals surface area contributed by atoms with Crippen molar-refractivity contribution in [2.75, 3.05) is 10.0 Å². The highest BCUT2D eigenvalue weighted by molar-refractivity contribution is 8.00. The van der Waals surface area contributed by atoms with Gasteiger partial charge in [0, 0.05) is 22.2 Å². The number of nitrogens with one attached hydrogen (secondary N) is 2. The Bertz CT molecular complexity index is 1030. The molecule has 1 amide bonds. The van der Waals surface area contributed by atoms with Gasteiger partial charge in [-0.15, -0.1) is 23.1 Å². The largest absolute Gasteiger partial charge is 0.325 e. The number of thioether (sulfide) groups is 1. The van der Waals surface area contributed by atoms with E-state index in [0.29, 0.717) is 10.8 Å². The molecule has 1 aromatic heterocycles. The molecule has 6 nitrogen and oxygen atoms in total. The van der Waals surface area contributed by atoms with E-state index in [4.69, 9.17) is 0 Å². The van der Waals surface area contributed by atoms with Crippen LogP contribution in [0.4, 0.5) is 10.8 Å². The molecule has 0 saturated heterocycles. The molecule has 2 N–H and O–H groups in total. The Morgan fingerprint density at radius 1 is 1.11 bits per heavy atom. The maximum Gasteiger partial charge on any atom is 0.263 e. The van der Waals surface area contributed by atoms with E-state index in [9.17, 15) is 13.2 Å². The van der Waals surface area contributed by atoms with Crippen molar-refractivity contribution in [1.82, 2.24) is 4.98 Å². The number of benzene rings is 2. The van der Waals surface area contributed by atoms with Gasteiger partial charge in [0.15, 0.2) is 5.13 Å². The third-order valence-electron chi connectivity index (χ3n) is 3.79. The van der Waals surface area contributed by atoms with Crippen LogP contribution in [0.3, 0.4) is 0 Å². The zero-order chi connectivity index (χ0) is 20.1. The third-order valence-corrected chi connectivity index (χ3v) is 7.07. The number of aryl methyl sites for hydroxylation is 1. The number of amides is 1. The SMILES string of the molecule is Cc1ccc(S[C@H](C)C(=O)Nc2ccc(S(=O)(=O)Nc3nccs3)cc2)cc1. The van der Waals surface area contributed by atoms with E-state index >= 15 is 0 Å². The molecular weight excluding hydrogens is 414 g/mol. The molecule has 0 aliphatic heterocycles. The van der Waals surface area contributed by atoms with Crippen molar-refractivity contribution in [3.05, 3.63) is 65.7 Å². The summed E-state index contributed by atoms with van der Waals surface area (Å²) in [5.41, 5.74) is 1.70. The van der Waals surface area contributed by atoms with E-state index in [1.165, 1.54) is 47.0 Å². The molecule has 0 fully saturated rings. The Labute approximate surface area is 172 Å². The standard InChI is InChI=1S/C19H19N3O3S3/c1-13-3-7-16(8-4-13)27-14(2)18(23)21-15-5-9-17(10-6-15)28(24,25)22-19-20-11-12-26-19/h3-12,14H,1-2H3,(H,20,22)(H,21,23)/t14-/m1/s1. The first-order valence-corrected chi connectivity index (χ1v) is 11.6. The van der Waals surface area contributed by atoms with E-state index in [-0.39, 0.29) is 16.1 Å². The number of carbonyl (C=O) groups excluding carboxylic acids is 1. The van der Waals surface area contributed by atoms with Crippen molar-refractivity contribution in [1.29, 1.82) is 0 Å². The van der Waals surface area contributed by atoms with Gasteiger partial charge in [-0.05, 0) is 50.2 Å². The van der Waals surface area contributed by atoms with E-state index in [2.05, 4.69) is 15.0 Å². The zero-order valence-corrected chi connectivity index (χ0v) is 17.7. The monoisotopic (exact) mass is 433 g/mol. The highest BCUT2D eigenvalue weighted by atomic mass is 32.2. The molecule has 0 aliphatic rings. The summed E-state index contributed by atoms with van der Waals surface area (Å²) in [4.78, 5) is 17.4. The second-order valence-electron chi connectivity index (χ2n) is 6.03. The van der Waals surface area contributed by atoms with Crippen LogP contribution < -0.4 is 10.0 Å². The van der Waals surface area contributed by atoms with Crippen LogP contribution in [0.25, 0.3) is 0 Å². The first kappa shape index (κ1) is 20.4. The first-order chi connectivity index (χ1) is 13.3. The quantitative estimate of drug-likeness (QED) is 0.540. The molecule has 0 radical (unpaired) electrons.